The Balaban J connectivity index is 1.54. The molecule has 0 unspecified atom stereocenters. The predicted octanol–water partition coefficient (Wildman–Crippen LogP) is 2.71. The first-order chi connectivity index (χ1) is 9.85. The summed E-state index contributed by atoms with van der Waals surface area (Å²) in [5.74, 6) is 0. The summed E-state index contributed by atoms with van der Waals surface area (Å²) in [5.41, 5.74) is 2.18. The van der Waals surface area contributed by atoms with Gasteiger partial charge in [-0.15, -0.1) is 0 Å². The minimum atomic E-state index is 0.435. The monoisotopic (exact) mass is 337 g/mol. The number of halogens is 1. The maximum atomic E-state index is 5.79. The Morgan fingerprint density at radius 3 is 2.90 bits per heavy atom. The molecular weight excluding hydrogens is 318 g/mol. The molecule has 0 bridgehead atoms. The standard InChI is InChI=1S/C15H20BrN3O/c16-6-10-20-14-4-8-18(9-5-14)11-13-12-19-7-2-1-3-15(19)17-13/h1-3,7,12,14H,4-6,8-11H2. The van der Waals surface area contributed by atoms with Crippen molar-refractivity contribution in [2.45, 2.75) is 25.5 Å². The fourth-order valence-electron chi connectivity index (χ4n) is 2.74. The van der Waals surface area contributed by atoms with E-state index in [1.165, 1.54) is 0 Å². The molecule has 2 aromatic rings. The first kappa shape index (κ1) is 14.0. The van der Waals surface area contributed by atoms with Gasteiger partial charge in [-0.3, -0.25) is 4.90 Å². The molecule has 2 aromatic heterocycles. The van der Waals surface area contributed by atoms with Crippen LogP contribution in [0.4, 0.5) is 0 Å². The highest BCUT2D eigenvalue weighted by Gasteiger charge is 2.20. The second-order valence-electron chi connectivity index (χ2n) is 5.23. The van der Waals surface area contributed by atoms with Crippen molar-refractivity contribution in [2.75, 3.05) is 25.0 Å². The van der Waals surface area contributed by atoms with Gasteiger partial charge in [0.05, 0.1) is 18.4 Å². The molecule has 0 radical (unpaired) electrons. The Hall–Kier alpha value is -0.910. The van der Waals surface area contributed by atoms with Crippen LogP contribution in [0.15, 0.2) is 30.6 Å². The molecule has 4 nitrogen and oxygen atoms in total. The number of likely N-dealkylation sites (tertiary alicyclic amines) is 1. The van der Waals surface area contributed by atoms with E-state index in [-0.39, 0.29) is 0 Å². The number of fused-ring (bicyclic) bond motifs is 1. The van der Waals surface area contributed by atoms with Crippen LogP contribution in [0.5, 0.6) is 0 Å². The predicted molar refractivity (Wildman–Crippen MR) is 83.2 cm³/mol. The molecular formula is C15H20BrN3O. The molecule has 0 N–H and O–H groups in total. The van der Waals surface area contributed by atoms with Crippen LogP contribution < -0.4 is 0 Å². The number of piperidine rings is 1. The molecule has 3 heterocycles. The summed E-state index contributed by atoms with van der Waals surface area (Å²) < 4.78 is 7.87. The number of ether oxygens (including phenoxy) is 1. The van der Waals surface area contributed by atoms with E-state index in [0.29, 0.717) is 6.10 Å². The third kappa shape index (κ3) is 3.40. The Morgan fingerprint density at radius 1 is 1.30 bits per heavy atom. The molecule has 0 aliphatic carbocycles. The summed E-state index contributed by atoms with van der Waals surface area (Å²) in [6.07, 6.45) is 6.86. The summed E-state index contributed by atoms with van der Waals surface area (Å²) >= 11 is 3.40. The lowest BCUT2D eigenvalue weighted by molar-refractivity contribution is 0.0139. The van der Waals surface area contributed by atoms with Gasteiger partial charge < -0.3 is 9.14 Å². The largest absolute Gasteiger partial charge is 0.377 e. The molecule has 3 rings (SSSR count). The van der Waals surface area contributed by atoms with Crippen LogP contribution in [0.2, 0.25) is 0 Å². The summed E-state index contributed by atoms with van der Waals surface area (Å²) in [4.78, 5) is 7.13. The molecule has 0 aromatic carbocycles. The van der Waals surface area contributed by atoms with Gasteiger partial charge in [0.1, 0.15) is 5.65 Å². The minimum Gasteiger partial charge on any atom is -0.377 e. The third-order valence-electron chi connectivity index (χ3n) is 3.76. The van der Waals surface area contributed by atoms with E-state index < -0.39 is 0 Å². The van der Waals surface area contributed by atoms with Gasteiger partial charge in [0, 0.05) is 37.4 Å². The van der Waals surface area contributed by atoms with E-state index in [2.05, 4.69) is 36.4 Å². The number of aromatic nitrogens is 2. The Kier molecular flexibility index (Phi) is 4.70. The summed E-state index contributed by atoms with van der Waals surface area (Å²) in [6, 6.07) is 6.10. The lowest BCUT2D eigenvalue weighted by Crippen LogP contribution is -2.36. The Morgan fingerprint density at radius 2 is 2.15 bits per heavy atom. The molecule has 1 aliphatic rings. The van der Waals surface area contributed by atoms with E-state index in [9.17, 15) is 0 Å². The first-order valence-electron chi connectivity index (χ1n) is 7.17. The second kappa shape index (κ2) is 6.70. The first-order valence-corrected chi connectivity index (χ1v) is 8.30. The molecule has 5 heteroatoms. The van der Waals surface area contributed by atoms with Crippen molar-refractivity contribution < 1.29 is 4.74 Å². The van der Waals surface area contributed by atoms with Crippen LogP contribution in [-0.4, -0.2) is 45.4 Å². The zero-order valence-corrected chi connectivity index (χ0v) is 13.1. The lowest BCUT2D eigenvalue weighted by Gasteiger charge is -2.31. The van der Waals surface area contributed by atoms with Gasteiger partial charge in [-0.1, -0.05) is 22.0 Å². The molecule has 0 spiro atoms. The van der Waals surface area contributed by atoms with Crippen molar-refractivity contribution in [2.24, 2.45) is 0 Å². The average molecular weight is 338 g/mol. The van der Waals surface area contributed by atoms with Gasteiger partial charge in [-0.25, -0.2) is 4.98 Å². The van der Waals surface area contributed by atoms with E-state index >= 15 is 0 Å². The molecule has 20 heavy (non-hydrogen) atoms. The fraction of sp³-hybridized carbons (Fsp3) is 0.533. The minimum absolute atomic E-state index is 0.435. The number of hydrogen-bond donors (Lipinski definition) is 0. The molecule has 108 valence electrons. The van der Waals surface area contributed by atoms with E-state index in [0.717, 1.165) is 55.8 Å². The maximum absolute atomic E-state index is 5.79. The number of pyridine rings is 1. The van der Waals surface area contributed by atoms with Gasteiger partial charge in [0.25, 0.3) is 0 Å². The molecule has 1 saturated heterocycles. The average Bonchev–Trinajstić information content (AvgIpc) is 2.89. The zero-order valence-electron chi connectivity index (χ0n) is 11.5. The topological polar surface area (TPSA) is 29.8 Å². The van der Waals surface area contributed by atoms with Gasteiger partial charge in [-0.05, 0) is 25.0 Å². The van der Waals surface area contributed by atoms with Crippen LogP contribution >= 0.6 is 15.9 Å². The third-order valence-corrected chi connectivity index (χ3v) is 4.09. The van der Waals surface area contributed by atoms with Crippen LogP contribution in [-0.2, 0) is 11.3 Å². The van der Waals surface area contributed by atoms with E-state index in [1.54, 1.807) is 0 Å². The molecule has 0 atom stereocenters. The lowest BCUT2D eigenvalue weighted by atomic mass is 10.1. The normalized spacial score (nSPS) is 17.9. The van der Waals surface area contributed by atoms with Crippen LogP contribution in [0.3, 0.4) is 0 Å². The summed E-state index contributed by atoms with van der Waals surface area (Å²) in [7, 11) is 0. The molecule has 1 fully saturated rings. The number of alkyl halides is 1. The van der Waals surface area contributed by atoms with Crippen molar-refractivity contribution in [3.63, 3.8) is 0 Å². The van der Waals surface area contributed by atoms with Crippen molar-refractivity contribution in [1.29, 1.82) is 0 Å². The van der Waals surface area contributed by atoms with E-state index in [1.807, 2.05) is 24.4 Å². The van der Waals surface area contributed by atoms with Gasteiger partial charge in [0.15, 0.2) is 0 Å². The van der Waals surface area contributed by atoms with Crippen LogP contribution in [0.1, 0.15) is 18.5 Å². The molecule has 0 amide bonds. The van der Waals surface area contributed by atoms with Crippen LogP contribution in [0, 0.1) is 0 Å². The highest BCUT2D eigenvalue weighted by Crippen LogP contribution is 2.16. The smallest absolute Gasteiger partial charge is 0.137 e. The van der Waals surface area contributed by atoms with Crippen LogP contribution in [0.25, 0.3) is 5.65 Å². The number of hydrogen-bond acceptors (Lipinski definition) is 3. The zero-order chi connectivity index (χ0) is 13.8. The summed E-state index contributed by atoms with van der Waals surface area (Å²) in [6.45, 7) is 3.95. The fourth-order valence-corrected chi connectivity index (χ4v) is 2.92. The van der Waals surface area contributed by atoms with E-state index in [4.69, 9.17) is 4.74 Å². The van der Waals surface area contributed by atoms with Crippen molar-refractivity contribution >= 4 is 21.6 Å². The SMILES string of the molecule is BrCCOC1CCN(Cc2cn3ccccc3n2)CC1. The Bertz CT molecular complexity index is 516. The second-order valence-corrected chi connectivity index (χ2v) is 6.03. The molecule has 1 aliphatic heterocycles. The van der Waals surface area contributed by atoms with Crippen molar-refractivity contribution in [3.05, 3.63) is 36.3 Å². The quantitative estimate of drug-likeness (QED) is 0.785. The molecule has 0 saturated carbocycles. The van der Waals surface area contributed by atoms with Gasteiger partial charge in [-0.2, -0.15) is 0 Å². The van der Waals surface area contributed by atoms with Gasteiger partial charge >= 0.3 is 0 Å². The summed E-state index contributed by atoms with van der Waals surface area (Å²) in [5, 5.41) is 0.925. The van der Waals surface area contributed by atoms with Gasteiger partial charge in [0.2, 0.25) is 0 Å². The number of imidazole rings is 1. The maximum Gasteiger partial charge on any atom is 0.137 e. The highest BCUT2D eigenvalue weighted by molar-refractivity contribution is 9.09. The Labute approximate surface area is 127 Å². The van der Waals surface area contributed by atoms with Crippen molar-refractivity contribution in [1.82, 2.24) is 14.3 Å². The highest BCUT2D eigenvalue weighted by atomic mass is 79.9. The number of nitrogens with zero attached hydrogens (tertiary/aromatic N) is 3. The number of rotatable bonds is 5. The van der Waals surface area contributed by atoms with Crippen molar-refractivity contribution in [3.8, 4) is 0 Å².